The number of aliphatic hydroxyl groups is 1. The number of unbranched alkanes of at least 4 members (excludes halogenated alkanes) is 54. The van der Waals surface area contributed by atoms with E-state index in [0.717, 1.165) is 102 Å². The number of rotatable bonds is 84. The van der Waals surface area contributed by atoms with Crippen LogP contribution in [0.1, 0.15) is 452 Å². The second-order valence-electron chi connectivity index (χ2n) is 31.5. The van der Waals surface area contributed by atoms with E-state index in [9.17, 15) is 43.2 Å². The molecule has 0 aromatic rings. The van der Waals surface area contributed by atoms with E-state index < -0.39 is 97.5 Å². The van der Waals surface area contributed by atoms with Gasteiger partial charge in [-0.25, -0.2) is 9.13 Å². The Morgan fingerprint density at radius 2 is 0.442 bits per heavy atom. The Morgan fingerprint density at radius 1 is 0.260 bits per heavy atom. The summed E-state index contributed by atoms with van der Waals surface area (Å²) in [7, 11) is -9.93. The van der Waals surface area contributed by atoms with E-state index in [1.807, 2.05) is 0 Å². The minimum Gasteiger partial charge on any atom is -0.462 e. The molecule has 0 bridgehead atoms. The van der Waals surface area contributed by atoms with E-state index in [-0.39, 0.29) is 25.7 Å². The average Bonchev–Trinajstić information content (AvgIpc) is 0.904. The molecule has 0 rings (SSSR count). The molecule has 0 aliphatic carbocycles. The van der Waals surface area contributed by atoms with E-state index in [0.29, 0.717) is 25.7 Å². The van der Waals surface area contributed by atoms with Crippen molar-refractivity contribution in [2.45, 2.75) is 471 Å². The molecular weight excluding hydrogens is 1350 g/mol. The Balaban J connectivity index is 5.27. The van der Waals surface area contributed by atoms with Gasteiger partial charge in [0.05, 0.1) is 26.4 Å². The molecule has 19 heteroatoms. The summed E-state index contributed by atoms with van der Waals surface area (Å²) in [5.74, 6) is -0.491. The molecule has 0 aliphatic rings. The summed E-state index contributed by atoms with van der Waals surface area (Å²) in [5, 5.41) is 10.7. The largest absolute Gasteiger partial charge is 0.472 e. The molecule has 618 valence electrons. The van der Waals surface area contributed by atoms with Crippen LogP contribution in [0.3, 0.4) is 0 Å². The van der Waals surface area contributed by atoms with Crippen LogP contribution in [0.2, 0.25) is 0 Å². The molecular formula is C85H166O17P2. The Bertz CT molecular complexity index is 1990. The van der Waals surface area contributed by atoms with Crippen LogP contribution in [0, 0.1) is 11.8 Å². The lowest BCUT2D eigenvalue weighted by atomic mass is 10.0. The first-order valence-electron chi connectivity index (χ1n) is 44.0. The van der Waals surface area contributed by atoms with Crippen LogP contribution in [0.25, 0.3) is 0 Å². The maximum Gasteiger partial charge on any atom is 0.472 e. The van der Waals surface area contributed by atoms with Crippen LogP contribution >= 0.6 is 15.6 Å². The lowest BCUT2D eigenvalue weighted by Gasteiger charge is -2.21. The average molecular weight is 1520 g/mol. The van der Waals surface area contributed by atoms with Crippen LogP contribution in [0.5, 0.6) is 0 Å². The zero-order valence-corrected chi connectivity index (χ0v) is 70.1. The van der Waals surface area contributed by atoms with Gasteiger partial charge in [0.25, 0.3) is 0 Å². The fourth-order valence-electron chi connectivity index (χ4n) is 13.2. The molecule has 0 saturated carbocycles. The molecule has 0 radical (unpaired) electrons. The van der Waals surface area contributed by atoms with Crippen molar-refractivity contribution >= 4 is 39.5 Å². The van der Waals surface area contributed by atoms with Gasteiger partial charge in [0.2, 0.25) is 0 Å². The van der Waals surface area contributed by atoms with Gasteiger partial charge in [-0.2, -0.15) is 0 Å². The molecule has 0 aliphatic heterocycles. The molecule has 0 aromatic heterocycles. The summed E-state index contributed by atoms with van der Waals surface area (Å²) in [6.45, 7) is 9.73. The smallest absolute Gasteiger partial charge is 0.462 e. The second kappa shape index (κ2) is 76.4. The van der Waals surface area contributed by atoms with Gasteiger partial charge < -0.3 is 33.8 Å². The molecule has 0 fully saturated rings. The number of phosphoric acid groups is 2. The van der Waals surface area contributed by atoms with Crippen LogP contribution in [-0.2, 0) is 65.4 Å². The molecule has 0 amide bonds. The van der Waals surface area contributed by atoms with Crippen molar-refractivity contribution < 1.29 is 80.2 Å². The van der Waals surface area contributed by atoms with Crippen LogP contribution in [-0.4, -0.2) is 96.7 Å². The summed E-state index contributed by atoms with van der Waals surface area (Å²) >= 11 is 0. The quantitative estimate of drug-likeness (QED) is 0.0222. The van der Waals surface area contributed by atoms with Crippen LogP contribution in [0.4, 0.5) is 0 Å². The molecule has 0 heterocycles. The van der Waals surface area contributed by atoms with Gasteiger partial charge in [0, 0.05) is 25.7 Å². The van der Waals surface area contributed by atoms with Crippen LogP contribution in [0.15, 0.2) is 0 Å². The van der Waals surface area contributed by atoms with Gasteiger partial charge in [-0.1, -0.05) is 401 Å². The van der Waals surface area contributed by atoms with E-state index in [2.05, 4.69) is 41.5 Å². The second-order valence-corrected chi connectivity index (χ2v) is 34.4. The maximum atomic E-state index is 13.1. The summed E-state index contributed by atoms with van der Waals surface area (Å²) in [6.07, 6.45) is 67.8. The monoisotopic (exact) mass is 1520 g/mol. The predicted molar refractivity (Wildman–Crippen MR) is 428 cm³/mol. The summed E-state index contributed by atoms with van der Waals surface area (Å²) in [6, 6.07) is 0. The predicted octanol–water partition coefficient (Wildman–Crippen LogP) is 25.8. The lowest BCUT2D eigenvalue weighted by Crippen LogP contribution is -2.30. The minimum absolute atomic E-state index is 0.109. The summed E-state index contributed by atoms with van der Waals surface area (Å²) in [4.78, 5) is 73.2. The highest BCUT2D eigenvalue weighted by Gasteiger charge is 2.30. The van der Waals surface area contributed by atoms with E-state index in [1.165, 1.54) is 270 Å². The fraction of sp³-hybridized carbons (Fsp3) is 0.953. The Labute approximate surface area is 638 Å². The molecule has 104 heavy (non-hydrogen) atoms. The normalized spacial score (nSPS) is 13.8. The Hall–Kier alpha value is -1.94. The number of phosphoric ester groups is 2. The summed E-state index contributed by atoms with van der Waals surface area (Å²) < 4.78 is 68.9. The van der Waals surface area contributed by atoms with E-state index in [1.54, 1.807) is 0 Å². The number of carbonyl (C=O) groups is 4. The third-order valence-electron chi connectivity index (χ3n) is 20.0. The van der Waals surface area contributed by atoms with Crippen molar-refractivity contribution in [2.24, 2.45) is 11.8 Å². The van der Waals surface area contributed by atoms with Gasteiger partial charge in [0.15, 0.2) is 12.2 Å². The highest BCUT2D eigenvalue weighted by atomic mass is 31.2. The standard InChI is InChI=1S/C85H166O17P2/c1-7-9-11-13-15-17-19-21-24-33-39-45-51-57-63-69-84(89)101-80(73-95-82(87)67-61-55-49-43-37-29-20-18-16-14-12-10-8-2)75-99-103(91,92)97-71-79(86)72-98-104(93,94)100-76-81(74-96-83(88)68-62-56-50-44-38-32-28-27-31-36-42-48-54-60-66-78(5)6)102-85(90)70-64-58-52-46-40-34-26-23-22-25-30-35-41-47-53-59-65-77(3)4/h77-81,86H,7-76H2,1-6H3,(H,91,92)(H,93,94)/t79-,80+,81+/m0/s1. The van der Waals surface area contributed by atoms with Crippen molar-refractivity contribution in [1.82, 2.24) is 0 Å². The third kappa shape index (κ3) is 78.2. The topological polar surface area (TPSA) is 237 Å². The molecule has 5 atom stereocenters. The first kappa shape index (κ1) is 102. The number of hydrogen-bond donors (Lipinski definition) is 3. The minimum atomic E-state index is -4.97. The fourth-order valence-corrected chi connectivity index (χ4v) is 14.8. The SMILES string of the molecule is CCCCCCCCCCCCCCCCCC(=O)O[C@H](COC(=O)CCCCCCCCCCCCCCC)COP(=O)(O)OC[C@H](O)COP(=O)(O)OC[C@@H](COC(=O)CCCCCCCCCCCCCCCCC(C)C)OC(=O)CCCCCCCCCCCCCCCCCCC(C)C. The van der Waals surface area contributed by atoms with Gasteiger partial charge >= 0.3 is 39.5 Å². The number of esters is 4. The van der Waals surface area contributed by atoms with Gasteiger partial charge in [-0.3, -0.25) is 37.3 Å². The number of hydrogen-bond acceptors (Lipinski definition) is 15. The van der Waals surface area contributed by atoms with Crippen molar-refractivity contribution in [3.8, 4) is 0 Å². The number of ether oxygens (including phenoxy) is 4. The van der Waals surface area contributed by atoms with Crippen LogP contribution < -0.4 is 0 Å². The molecule has 0 saturated heterocycles. The third-order valence-corrected chi connectivity index (χ3v) is 21.9. The highest BCUT2D eigenvalue weighted by molar-refractivity contribution is 7.47. The highest BCUT2D eigenvalue weighted by Crippen LogP contribution is 2.45. The van der Waals surface area contributed by atoms with E-state index >= 15 is 0 Å². The first-order chi connectivity index (χ1) is 50.4. The summed E-state index contributed by atoms with van der Waals surface area (Å²) in [5.41, 5.74) is 0. The molecule has 0 spiro atoms. The van der Waals surface area contributed by atoms with Gasteiger partial charge in [-0.15, -0.1) is 0 Å². The molecule has 2 unspecified atom stereocenters. The molecule has 3 N–H and O–H groups in total. The molecule has 0 aromatic carbocycles. The van der Waals surface area contributed by atoms with Crippen molar-refractivity contribution in [3.05, 3.63) is 0 Å². The zero-order chi connectivity index (χ0) is 76.4. The van der Waals surface area contributed by atoms with Gasteiger partial charge in [-0.05, 0) is 37.5 Å². The molecule has 17 nitrogen and oxygen atoms in total. The number of aliphatic hydroxyl groups excluding tert-OH is 1. The number of carbonyl (C=O) groups excluding carboxylic acids is 4. The van der Waals surface area contributed by atoms with Crippen molar-refractivity contribution in [2.75, 3.05) is 39.6 Å². The van der Waals surface area contributed by atoms with E-state index in [4.69, 9.17) is 37.0 Å². The lowest BCUT2D eigenvalue weighted by molar-refractivity contribution is -0.161. The Kier molecular flexibility index (Phi) is 75.0. The Morgan fingerprint density at radius 3 is 0.654 bits per heavy atom. The van der Waals surface area contributed by atoms with Crippen molar-refractivity contribution in [3.63, 3.8) is 0 Å². The first-order valence-corrected chi connectivity index (χ1v) is 47.0. The maximum absolute atomic E-state index is 13.1. The zero-order valence-electron chi connectivity index (χ0n) is 68.3. The van der Waals surface area contributed by atoms with Crippen molar-refractivity contribution in [1.29, 1.82) is 0 Å². The van der Waals surface area contributed by atoms with Gasteiger partial charge in [0.1, 0.15) is 19.3 Å².